The largest absolute Gasteiger partial charge is 0.367 e. The van der Waals surface area contributed by atoms with E-state index in [1.807, 2.05) is 13.1 Å². The third-order valence-corrected chi connectivity index (χ3v) is 2.29. The topological polar surface area (TPSA) is 21.3 Å². The summed E-state index contributed by atoms with van der Waals surface area (Å²) in [6.07, 6.45) is -0.124. The number of rotatable bonds is 2. The van der Waals surface area contributed by atoms with Crippen molar-refractivity contribution in [2.45, 2.75) is 12.7 Å². The highest BCUT2D eigenvalue weighted by Gasteiger charge is 2.25. The molecule has 2 rings (SSSR count). The Balaban J connectivity index is 2.34. The fourth-order valence-electron chi connectivity index (χ4n) is 1.69. The van der Waals surface area contributed by atoms with Crippen LogP contribution in [-0.4, -0.2) is 13.6 Å². The Morgan fingerprint density at radius 3 is 3.23 bits per heavy atom. The molecule has 1 heterocycles. The molecule has 0 saturated heterocycles. The Kier molecular flexibility index (Phi) is 2.29. The lowest BCUT2D eigenvalue weighted by Gasteiger charge is -2.10. The Morgan fingerprint density at radius 2 is 2.46 bits per heavy atom. The third kappa shape index (κ3) is 1.45. The van der Waals surface area contributed by atoms with Gasteiger partial charge in [-0.3, -0.25) is 0 Å². The average Bonchev–Trinajstić information content (AvgIpc) is 2.51. The molecule has 0 aromatic heterocycles. The van der Waals surface area contributed by atoms with Crippen molar-refractivity contribution in [3.05, 3.63) is 35.1 Å². The van der Waals surface area contributed by atoms with Crippen molar-refractivity contribution >= 4 is 0 Å². The van der Waals surface area contributed by atoms with E-state index in [0.717, 1.165) is 11.1 Å². The molecule has 0 spiro atoms. The highest BCUT2D eigenvalue weighted by molar-refractivity contribution is 5.33. The van der Waals surface area contributed by atoms with Crippen LogP contribution in [0.25, 0.3) is 0 Å². The van der Waals surface area contributed by atoms with Crippen LogP contribution >= 0.6 is 0 Å². The van der Waals surface area contributed by atoms with Gasteiger partial charge >= 0.3 is 0 Å². The number of fused-ring (bicyclic) bond motifs is 1. The summed E-state index contributed by atoms with van der Waals surface area (Å²) >= 11 is 0. The van der Waals surface area contributed by atoms with E-state index in [-0.39, 0.29) is 11.9 Å². The lowest BCUT2D eigenvalue weighted by Crippen LogP contribution is -2.17. The van der Waals surface area contributed by atoms with Crippen LogP contribution in [0.5, 0.6) is 0 Å². The summed E-state index contributed by atoms with van der Waals surface area (Å²) in [5.74, 6) is -0.157. The molecule has 1 atom stereocenters. The van der Waals surface area contributed by atoms with Crippen LogP contribution in [0.3, 0.4) is 0 Å². The van der Waals surface area contributed by atoms with Crippen molar-refractivity contribution in [3.63, 3.8) is 0 Å². The molecule has 1 aliphatic rings. The van der Waals surface area contributed by atoms with Crippen LogP contribution < -0.4 is 5.32 Å². The van der Waals surface area contributed by atoms with Crippen molar-refractivity contribution in [2.24, 2.45) is 0 Å². The second-order valence-electron chi connectivity index (χ2n) is 3.17. The minimum absolute atomic E-state index is 0.124. The number of hydrogen-bond acceptors (Lipinski definition) is 2. The number of ether oxygens (including phenoxy) is 1. The summed E-state index contributed by atoms with van der Waals surface area (Å²) in [6.45, 7) is 1.19. The summed E-state index contributed by atoms with van der Waals surface area (Å²) < 4.78 is 18.8. The van der Waals surface area contributed by atoms with E-state index in [9.17, 15) is 4.39 Å². The van der Waals surface area contributed by atoms with Gasteiger partial charge in [-0.2, -0.15) is 0 Å². The summed E-state index contributed by atoms with van der Waals surface area (Å²) in [6, 6.07) is 5.11. The average molecular weight is 181 g/mol. The molecular weight excluding hydrogens is 169 g/mol. The molecule has 0 aliphatic carbocycles. The number of nitrogens with one attached hydrogen (secondary N) is 1. The molecule has 0 bridgehead atoms. The van der Waals surface area contributed by atoms with Gasteiger partial charge < -0.3 is 10.1 Å². The first kappa shape index (κ1) is 8.66. The highest BCUT2D eigenvalue weighted by atomic mass is 19.1. The summed E-state index contributed by atoms with van der Waals surface area (Å²) in [7, 11) is 1.84. The van der Waals surface area contributed by atoms with Crippen molar-refractivity contribution in [1.29, 1.82) is 0 Å². The second kappa shape index (κ2) is 3.44. The fourth-order valence-corrected chi connectivity index (χ4v) is 1.69. The first-order valence-electron chi connectivity index (χ1n) is 4.36. The van der Waals surface area contributed by atoms with Gasteiger partial charge in [-0.25, -0.2) is 4.39 Å². The van der Waals surface area contributed by atoms with Gasteiger partial charge in [-0.15, -0.1) is 0 Å². The van der Waals surface area contributed by atoms with Crippen LogP contribution in [0, 0.1) is 5.82 Å². The quantitative estimate of drug-likeness (QED) is 0.748. The van der Waals surface area contributed by atoms with E-state index < -0.39 is 0 Å². The predicted molar refractivity (Wildman–Crippen MR) is 47.9 cm³/mol. The van der Waals surface area contributed by atoms with Gasteiger partial charge in [-0.05, 0) is 18.7 Å². The molecule has 0 fully saturated rings. The maximum Gasteiger partial charge on any atom is 0.129 e. The van der Waals surface area contributed by atoms with E-state index >= 15 is 0 Å². The van der Waals surface area contributed by atoms with Gasteiger partial charge in [0.2, 0.25) is 0 Å². The van der Waals surface area contributed by atoms with E-state index in [1.54, 1.807) is 6.07 Å². The lowest BCUT2D eigenvalue weighted by molar-refractivity contribution is 0.0659. The molecule has 0 saturated carbocycles. The molecule has 70 valence electrons. The molecule has 1 aromatic rings. The summed E-state index contributed by atoms with van der Waals surface area (Å²) in [5.41, 5.74) is 1.69. The number of halogens is 1. The summed E-state index contributed by atoms with van der Waals surface area (Å²) in [4.78, 5) is 0. The predicted octanol–water partition coefficient (Wildman–Crippen LogP) is 1.62. The van der Waals surface area contributed by atoms with E-state index in [4.69, 9.17) is 4.74 Å². The minimum atomic E-state index is -0.157. The zero-order valence-corrected chi connectivity index (χ0v) is 7.51. The molecular formula is C10H12FNO. The molecule has 0 amide bonds. The van der Waals surface area contributed by atoms with Crippen molar-refractivity contribution in [1.82, 2.24) is 5.32 Å². The molecule has 1 N–H and O–H groups in total. The Morgan fingerprint density at radius 1 is 1.62 bits per heavy atom. The summed E-state index contributed by atoms with van der Waals surface area (Å²) in [5, 5.41) is 2.99. The SMILES string of the molecule is CNCC1OCc2cccc(F)c21. The van der Waals surface area contributed by atoms with Crippen molar-refractivity contribution in [2.75, 3.05) is 13.6 Å². The van der Waals surface area contributed by atoms with E-state index in [2.05, 4.69) is 5.32 Å². The number of hydrogen-bond donors (Lipinski definition) is 1. The number of likely N-dealkylation sites (N-methyl/N-ethyl adjacent to an activating group) is 1. The Labute approximate surface area is 76.7 Å². The zero-order chi connectivity index (χ0) is 9.26. The smallest absolute Gasteiger partial charge is 0.129 e. The molecule has 1 aliphatic heterocycles. The van der Waals surface area contributed by atoms with Crippen molar-refractivity contribution < 1.29 is 9.13 Å². The lowest BCUT2D eigenvalue weighted by atomic mass is 10.0. The zero-order valence-electron chi connectivity index (χ0n) is 7.51. The molecule has 13 heavy (non-hydrogen) atoms. The van der Waals surface area contributed by atoms with E-state index in [0.29, 0.717) is 13.2 Å². The van der Waals surface area contributed by atoms with Gasteiger partial charge in [0.25, 0.3) is 0 Å². The van der Waals surface area contributed by atoms with Crippen molar-refractivity contribution in [3.8, 4) is 0 Å². The maximum absolute atomic E-state index is 13.4. The van der Waals surface area contributed by atoms with Gasteiger partial charge in [0.05, 0.1) is 12.7 Å². The normalized spacial score (nSPS) is 20.3. The Bertz CT molecular complexity index is 312. The van der Waals surface area contributed by atoms with Crippen LogP contribution in [0.1, 0.15) is 17.2 Å². The minimum Gasteiger partial charge on any atom is -0.367 e. The van der Waals surface area contributed by atoms with Gasteiger partial charge in [0.15, 0.2) is 0 Å². The second-order valence-corrected chi connectivity index (χ2v) is 3.17. The maximum atomic E-state index is 13.4. The molecule has 1 aromatic carbocycles. The fraction of sp³-hybridized carbons (Fsp3) is 0.400. The first-order chi connectivity index (χ1) is 6.33. The van der Waals surface area contributed by atoms with Crippen LogP contribution in [0.4, 0.5) is 4.39 Å². The van der Waals surface area contributed by atoms with Crippen LogP contribution in [0.2, 0.25) is 0 Å². The Hall–Kier alpha value is -0.930. The van der Waals surface area contributed by atoms with Crippen LogP contribution in [0.15, 0.2) is 18.2 Å². The van der Waals surface area contributed by atoms with E-state index in [1.165, 1.54) is 6.07 Å². The molecule has 3 heteroatoms. The molecule has 0 radical (unpaired) electrons. The van der Waals surface area contributed by atoms with Gasteiger partial charge in [0.1, 0.15) is 5.82 Å². The van der Waals surface area contributed by atoms with Crippen LogP contribution in [-0.2, 0) is 11.3 Å². The first-order valence-corrected chi connectivity index (χ1v) is 4.36. The third-order valence-electron chi connectivity index (χ3n) is 2.29. The molecule has 2 nitrogen and oxygen atoms in total. The highest BCUT2D eigenvalue weighted by Crippen LogP contribution is 2.31. The van der Waals surface area contributed by atoms with Gasteiger partial charge in [-0.1, -0.05) is 12.1 Å². The monoisotopic (exact) mass is 181 g/mol. The number of benzene rings is 1. The molecule has 1 unspecified atom stereocenters. The standard InChI is InChI=1S/C10H12FNO/c1-12-5-9-10-7(6-13-9)3-2-4-8(10)11/h2-4,9,12H,5-6H2,1H3. The van der Waals surface area contributed by atoms with Gasteiger partial charge in [0, 0.05) is 12.1 Å².